The lowest BCUT2D eigenvalue weighted by molar-refractivity contribution is -0.117. The molecule has 0 aromatic heterocycles. The molecule has 0 amide bonds. The normalized spacial score (nSPS) is 11.4. The summed E-state index contributed by atoms with van der Waals surface area (Å²) in [5.41, 5.74) is 3.20. The maximum Gasteiger partial charge on any atom is 0.130 e. The molecule has 2 rings (SSSR count). The van der Waals surface area contributed by atoms with Gasteiger partial charge < -0.3 is 4.79 Å². The summed E-state index contributed by atoms with van der Waals surface area (Å²) in [4.78, 5) is 12.4. The molecule has 22 heavy (non-hydrogen) atoms. The topological polar surface area (TPSA) is 17.1 Å². The van der Waals surface area contributed by atoms with Gasteiger partial charge in [-0.05, 0) is 61.1 Å². The minimum atomic E-state index is 0.227. The van der Waals surface area contributed by atoms with E-state index in [1.54, 1.807) is 18.7 Å². The van der Waals surface area contributed by atoms with Crippen molar-refractivity contribution in [3.05, 3.63) is 65.2 Å². The number of rotatable bonds is 4. The van der Waals surface area contributed by atoms with E-state index in [0.717, 1.165) is 11.1 Å². The second-order valence-electron chi connectivity index (χ2n) is 5.41. The molecule has 2 aromatic carbocycles. The predicted molar refractivity (Wildman–Crippen MR) is 94.4 cm³/mol. The van der Waals surface area contributed by atoms with Crippen molar-refractivity contribution < 1.29 is 4.79 Å². The molecule has 0 aliphatic heterocycles. The van der Waals surface area contributed by atoms with E-state index in [0.29, 0.717) is 6.42 Å². The summed E-state index contributed by atoms with van der Waals surface area (Å²) in [6.45, 7) is 3.72. The van der Waals surface area contributed by atoms with Crippen LogP contribution in [0.2, 0.25) is 0 Å². The van der Waals surface area contributed by atoms with E-state index >= 15 is 0 Å². The number of carbonyl (C=O) groups is 1. The average Bonchev–Trinajstić information content (AvgIpc) is 2.53. The highest BCUT2D eigenvalue weighted by atomic mass is 32.2. The van der Waals surface area contributed by atoms with Crippen LogP contribution in [0.5, 0.6) is 0 Å². The van der Waals surface area contributed by atoms with Crippen molar-refractivity contribution in [2.75, 3.05) is 6.26 Å². The molecule has 0 spiro atoms. The van der Waals surface area contributed by atoms with Crippen molar-refractivity contribution in [1.29, 1.82) is 0 Å². The van der Waals surface area contributed by atoms with Gasteiger partial charge in [-0.3, -0.25) is 0 Å². The lowest BCUT2D eigenvalue weighted by Gasteiger charge is -2.09. The summed E-state index contributed by atoms with van der Waals surface area (Å²) in [5, 5.41) is 0. The molecule has 0 radical (unpaired) electrons. The first kappa shape index (κ1) is 16.4. The zero-order valence-corrected chi connectivity index (χ0v) is 14.0. The monoisotopic (exact) mass is 308 g/mol. The molecule has 0 aliphatic carbocycles. The van der Waals surface area contributed by atoms with Gasteiger partial charge in [0.2, 0.25) is 0 Å². The van der Waals surface area contributed by atoms with Crippen LogP contribution >= 0.6 is 11.8 Å². The Labute approximate surface area is 137 Å². The van der Waals surface area contributed by atoms with Crippen molar-refractivity contribution in [3.63, 3.8) is 0 Å². The molecule has 1 atom stereocenters. The van der Waals surface area contributed by atoms with E-state index in [4.69, 9.17) is 0 Å². The third-order valence-corrected chi connectivity index (χ3v) is 4.26. The Morgan fingerprint density at radius 1 is 1.00 bits per heavy atom. The zero-order valence-electron chi connectivity index (χ0n) is 13.2. The highest BCUT2D eigenvalue weighted by Crippen LogP contribution is 2.19. The van der Waals surface area contributed by atoms with Crippen LogP contribution in [0, 0.1) is 11.8 Å². The standard InChI is InChI=1S/C20H20OS/c1-15(14-16(2)21)19-10-6-17(7-11-19)4-5-18-8-12-20(22-3)13-9-18/h6-13,15H,14H2,1-3H3. The van der Waals surface area contributed by atoms with Gasteiger partial charge in [-0.1, -0.05) is 30.9 Å². The van der Waals surface area contributed by atoms with E-state index in [-0.39, 0.29) is 11.7 Å². The largest absolute Gasteiger partial charge is 0.300 e. The highest BCUT2D eigenvalue weighted by Gasteiger charge is 2.07. The highest BCUT2D eigenvalue weighted by molar-refractivity contribution is 7.98. The number of Topliss-reactive ketones (excluding diaryl/α,β-unsaturated/α-hetero) is 1. The first-order chi connectivity index (χ1) is 10.6. The fourth-order valence-corrected chi connectivity index (χ4v) is 2.67. The first-order valence-electron chi connectivity index (χ1n) is 7.34. The molecule has 1 nitrogen and oxygen atoms in total. The fourth-order valence-electron chi connectivity index (χ4n) is 2.26. The van der Waals surface area contributed by atoms with Crippen molar-refractivity contribution >= 4 is 17.5 Å². The first-order valence-corrected chi connectivity index (χ1v) is 8.56. The Morgan fingerprint density at radius 2 is 1.50 bits per heavy atom. The van der Waals surface area contributed by atoms with E-state index < -0.39 is 0 Å². The number of thioether (sulfide) groups is 1. The summed E-state index contributed by atoms with van der Waals surface area (Å²) in [7, 11) is 0. The van der Waals surface area contributed by atoms with Gasteiger partial charge in [0.25, 0.3) is 0 Å². The lowest BCUT2D eigenvalue weighted by Crippen LogP contribution is -2.00. The molecule has 0 saturated carbocycles. The molecule has 0 N–H and O–H groups in total. The summed E-state index contributed by atoms with van der Waals surface area (Å²) >= 11 is 1.73. The van der Waals surface area contributed by atoms with Crippen LogP contribution in [-0.2, 0) is 4.79 Å². The lowest BCUT2D eigenvalue weighted by atomic mass is 9.95. The van der Waals surface area contributed by atoms with Gasteiger partial charge in [-0.15, -0.1) is 11.8 Å². The van der Waals surface area contributed by atoms with E-state index in [1.165, 1.54) is 10.5 Å². The molecule has 2 aromatic rings. The van der Waals surface area contributed by atoms with E-state index in [9.17, 15) is 4.79 Å². The zero-order chi connectivity index (χ0) is 15.9. The molecule has 0 heterocycles. The number of carbonyl (C=O) groups excluding carboxylic acids is 1. The van der Waals surface area contributed by atoms with Crippen LogP contribution in [-0.4, -0.2) is 12.0 Å². The number of hydrogen-bond acceptors (Lipinski definition) is 2. The Morgan fingerprint density at radius 3 is 1.95 bits per heavy atom. The summed E-state index contributed by atoms with van der Waals surface area (Å²) in [6.07, 6.45) is 2.65. The molecule has 1 unspecified atom stereocenters. The van der Waals surface area contributed by atoms with Crippen LogP contribution < -0.4 is 0 Å². The minimum absolute atomic E-state index is 0.227. The fraction of sp³-hybridized carbons (Fsp3) is 0.250. The molecule has 0 fully saturated rings. The third kappa shape index (κ3) is 4.79. The van der Waals surface area contributed by atoms with Crippen LogP contribution in [0.3, 0.4) is 0 Å². The second-order valence-corrected chi connectivity index (χ2v) is 6.29. The van der Waals surface area contributed by atoms with Crippen molar-refractivity contribution in [2.45, 2.75) is 31.1 Å². The predicted octanol–water partition coefficient (Wildman–Crippen LogP) is 4.89. The summed E-state index contributed by atoms with van der Waals surface area (Å²) in [6, 6.07) is 16.4. The average molecular weight is 308 g/mol. The molecule has 0 saturated heterocycles. The number of hydrogen-bond donors (Lipinski definition) is 0. The van der Waals surface area contributed by atoms with Gasteiger partial charge in [-0.25, -0.2) is 0 Å². The quantitative estimate of drug-likeness (QED) is 0.591. The second kappa shape index (κ2) is 7.87. The van der Waals surface area contributed by atoms with Crippen LogP contribution in [0.1, 0.15) is 42.9 Å². The van der Waals surface area contributed by atoms with Gasteiger partial charge in [0.1, 0.15) is 5.78 Å². The third-order valence-electron chi connectivity index (χ3n) is 3.51. The van der Waals surface area contributed by atoms with Gasteiger partial charge in [0.15, 0.2) is 0 Å². The van der Waals surface area contributed by atoms with Gasteiger partial charge in [0, 0.05) is 22.4 Å². The SMILES string of the molecule is CSc1ccc(C#Cc2ccc(C(C)CC(C)=O)cc2)cc1. The van der Waals surface area contributed by atoms with Gasteiger partial charge in [-0.2, -0.15) is 0 Å². The van der Waals surface area contributed by atoms with Gasteiger partial charge >= 0.3 is 0 Å². The smallest absolute Gasteiger partial charge is 0.130 e. The molecule has 112 valence electrons. The Bertz CT molecular complexity index is 687. The summed E-state index contributed by atoms with van der Waals surface area (Å²) < 4.78 is 0. The van der Waals surface area contributed by atoms with Crippen molar-refractivity contribution in [1.82, 2.24) is 0 Å². The van der Waals surface area contributed by atoms with Crippen LogP contribution in [0.4, 0.5) is 0 Å². The Kier molecular flexibility index (Phi) is 5.86. The maximum absolute atomic E-state index is 11.2. The van der Waals surface area contributed by atoms with Crippen LogP contribution in [0.15, 0.2) is 53.4 Å². The summed E-state index contributed by atoms with van der Waals surface area (Å²) in [5.74, 6) is 6.85. The van der Waals surface area contributed by atoms with Crippen molar-refractivity contribution in [3.8, 4) is 11.8 Å². The Hall–Kier alpha value is -1.98. The molecular weight excluding hydrogens is 288 g/mol. The Balaban J connectivity index is 2.08. The molecule has 0 bridgehead atoms. The van der Waals surface area contributed by atoms with Gasteiger partial charge in [0.05, 0.1) is 0 Å². The number of benzene rings is 2. The van der Waals surface area contributed by atoms with E-state index in [1.807, 2.05) is 24.3 Å². The van der Waals surface area contributed by atoms with E-state index in [2.05, 4.69) is 49.3 Å². The van der Waals surface area contributed by atoms with Crippen molar-refractivity contribution in [2.24, 2.45) is 0 Å². The molecule has 0 aliphatic rings. The molecular formula is C20H20OS. The van der Waals surface area contributed by atoms with Crippen LogP contribution in [0.25, 0.3) is 0 Å². The molecule has 2 heteroatoms. The number of ketones is 1. The maximum atomic E-state index is 11.2. The minimum Gasteiger partial charge on any atom is -0.300 e.